The van der Waals surface area contributed by atoms with E-state index in [1.807, 2.05) is 7.05 Å². The fourth-order valence-electron chi connectivity index (χ4n) is 2.46. The van der Waals surface area contributed by atoms with Crippen LogP contribution >= 0.6 is 0 Å². The van der Waals surface area contributed by atoms with Gasteiger partial charge in [-0.3, -0.25) is 4.68 Å². The van der Waals surface area contributed by atoms with Gasteiger partial charge < -0.3 is 5.32 Å². The van der Waals surface area contributed by atoms with Crippen molar-refractivity contribution in [2.45, 2.75) is 33.9 Å². The molecule has 0 aliphatic rings. The van der Waals surface area contributed by atoms with E-state index in [-0.39, 0.29) is 0 Å². The van der Waals surface area contributed by atoms with Gasteiger partial charge in [-0.1, -0.05) is 18.2 Å². The topological polar surface area (TPSA) is 29.9 Å². The van der Waals surface area contributed by atoms with E-state index < -0.39 is 0 Å². The minimum atomic E-state index is 0.897. The Morgan fingerprint density at radius 1 is 1.28 bits per heavy atom. The summed E-state index contributed by atoms with van der Waals surface area (Å²) in [6.45, 7) is 8.17. The zero-order valence-electron chi connectivity index (χ0n) is 11.6. The molecule has 18 heavy (non-hydrogen) atoms. The van der Waals surface area contributed by atoms with E-state index >= 15 is 0 Å². The number of benzene rings is 1. The molecule has 0 amide bonds. The van der Waals surface area contributed by atoms with Crippen molar-refractivity contribution in [3.63, 3.8) is 0 Å². The number of nitrogens with one attached hydrogen (secondary N) is 1. The van der Waals surface area contributed by atoms with Crippen LogP contribution in [0.2, 0.25) is 0 Å². The molecule has 1 aromatic heterocycles. The van der Waals surface area contributed by atoms with E-state index in [0.29, 0.717) is 0 Å². The van der Waals surface area contributed by atoms with Gasteiger partial charge in [-0.15, -0.1) is 0 Å². The van der Waals surface area contributed by atoms with E-state index in [9.17, 15) is 0 Å². The lowest BCUT2D eigenvalue weighted by Crippen LogP contribution is -2.04. The molecule has 1 N–H and O–H groups in total. The molecule has 0 radical (unpaired) electrons. The second-order valence-corrected chi connectivity index (χ2v) is 4.59. The SMILES string of the molecule is CCn1nc(C)c(-c2cccc(CNC)c2)c1C. The van der Waals surface area contributed by atoms with Gasteiger partial charge in [-0.2, -0.15) is 5.10 Å². The molecular weight excluding hydrogens is 222 g/mol. The minimum absolute atomic E-state index is 0.897. The molecule has 0 aliphatic carbocycles. The average molecular weight is 243 g/mol. The van der Waals surface area contributed by atoms with Crippen LogP contribution in [0.1, 0.15) is 23.9 Å². The van der Waals surface area contributed by atoms with Gasteiger partial charge in [0.2, 0.25) is 0 Å². The van der Waals surface area contributed by atoms with Crippen molar-refractivity contribution >= 4 is 0 Å². The van der Waals surface area contributed by atoms with E-state index in [1.54, 1.807) is 0 Å². The number of rotatable bonds is 4. The average Bonchev–Trinajstić information content (AvgIpc) is 2.65. The minimum Gasteiger partial charge on any atom is -0.316 e. The van der Waals surface area contributed by atoms with Crippen LogP contribution in [0.5, 0.6) is 0 Å². The van der Waals surface area contributed by atoms with Crippen LogP contribution in [0.4, 0.5) is 0 Å². The maximum atomic E-state index is 4.58. The number of hydrogen-bond donors (Lipinski definition) is 1. The van der Waals surface area contributed by atoms with Gasteiger partial charge in [0.05, 0.1) is 5.69 Å². The lowest BCUT2D eigenvalue weighted by Gasteiger charge is -2.06. The molecule has 0 spiro atoms. The molecule has 3 nitrogen and oxygen atoms in total. The fraction of sp³-hybridized carbons (Fsp3) is 0.400. The molecule has 0 bridgehead atoms. The van der Waals surface area contributed by atoms with Gasteiger partial charge in [-0.25, -0.2) is 0 Å². The smallest absolute Gasteiger partial charge is 0.0674 e. The molecule has 1 heterocycles. The Kier molecular flexibility index (Phi) is 3.82. The second-order valence-electron chi connectivity index (χ2n) is 4.59. The molecule has 0 unspecified atom stereocenters. The summed E-state index contributed by atoms with van der Waals surface area (Å²) < 4.78 is 2.06. The molecule has 2 aromatic rings. The predicted molar refractivity (Wildman–Crippen MR) is 75.6 cm³/mol. The zero-order chi connectivity index (χ0) is 13.1. The summed E-state index contributed by atoms with van der Waals surface area (Å²) in [5, 5.41) is 7.77. The van der Waals surface area contributed by atoms with Crippen LogP contribution in [0.25, 0.3) is 11.1 Å². The Morgan fingerprint density at radius 2 is 2.06 bits per heavy atom. The van der Waals surface area contributed by atoms with Gasteiger partial charge >= 0.3 is 0 Å². The lowest BCUT2D eigenvalue weighted by atomic mass is 10.0. The molecule has 2 rings (SSSR count). The summed E-state index contributed by atoms with van der Waals surface area (Å²) in [5.41, 5.74) is 6.19. The summed E-state index contributed by atoms with van der Waals surface area (Å²) in [5.74, 6) is 0. The lowest BCUT2D eigenvalue weighted by molar-refractivity contribution is 0.634. The summed E-state index contributed by atoms with van der Waals surface area (Å²) in [4.78, 5) is 0. The number of aryl methyl sites for hydroxylation is 2. The fourth-order valence-corrected chi connectivity index (χ4v) is 2.46. The van der Waals surface area contributed by atoms with Crippen molar-refractivity contribution in [1.29, 1.82) is 0 Å². The van der Waals surface area contributed by atoms with Gasteiger partial charge in [0, 0.05) is 24.3 Å². The van der Waals surface area contributed by atoms with Crippen LogP contribution in [0, 0.1) is 13.8 Å². The van der Waals surface area contributed by atoms with Crippen molar-refractivity contribution in [3.05, 3.63) is 41.2 Å². The summed E-state index contributed by atoms with van der Waals surface area (Å²) >= 11 is 0. The molecule has 0 aliphatic heterocycles. The first-order valence-corrected chi connectivity index (χ1v) is 6.45. The van der Waals surface area contributed by atoms with Crippen LogP contribution in [-0.4, -0.2) is 16.8 Å². The molecule has 0 fully saturated rings. The molecular formula is C15H21N3. The third-order valence-corrected chi connectivity index (χ3v) is 3.28. The third kappa shape index (κ3) is 2.31. The maximum Gasteiger partial charge on any atom is 0.0674 e. The number of aromatic nitrogens is 2. The Hall–Kier alpha value is -1.61. The zero-order valence-corrected chi connectivity index (χ0v) is 11.6. The van der Waals surface area contributed by atoms with Crippen molar-refractivity contribution in [3.8, 4) is 11.1 Å². The van der Waals surface area contributed by atoms with E-state index in [4.69, 9.17) is 0 Å². The second kappa shape index (κ2) is 5.36. The highest BCUT2D eigenvalue weighted by Crippen LogP contribution is 2.27. The summed E-state index contributed by atoms with van der Waals surface area (Å²) in [6.07, 6.45) is 0. The summed E-state index contributed by atoms with van der Waals surface area (Å²) in [7, 11) is 1.97. The molecule has 0 saturated heterocycles. The van der Waals surface area contributed by atoms with Crippen LogP contribution < -0.4 is 5.32 Å². The van der Waals surface area contributed by atoms with Gasteiger partial charge in [0.15, 0.2) is 0 Å². The normalized spacial score (nSPS) is 10.9. The first-order valence-electron chi connectivity index (χ1n) is 6.45. The van der Waals surface area contributed by atoms with Gasteiger partial charge in [0.25, 0.3) is 0 Å². The van der Waals surface area contributed by atoms with Gasteiger partial charge in [0.1, 0.15) is 0 Å². The predicted octanol–water partition coefficient (Wildman–Crippen LogP) is 2.91. The Labute approximate surface area is 109 Å². The van der Waals surface area contributed by atoms with Crippen molar-refractivity contribution < 1.29 is 0 Å². The number of hydrogen-bond acceptors (Lipinski definition) is 2. The Balaban J connectivity index is 2.48. The standard InChI is InChI=1S/C15H21N3/c1-5-18-12(3)15(11(2)17-18)14-8-6-7-13(9-14)10-16-4/h6-9,16H,5,10H2,1-4H3. The highest BCUT2D eigenvalue weighted by molar-refractivity contribution is 5.69. The number of nitrogens with zero attached hydrogens (tertiary/aromatic N) is 2. The third-order valence-electron chi connectivity index (χ3n) is 3.28. The highest BCUT2D eigenvalue weighted by atomic mass is 15.3. The quantitative estimate of drug-likeness (QED) is 0.895. The van der Waals surface area contributed by atoms with E-state index in [2.05, 4.69) is 60.1 Å². The highest BCUT2D eigenvalue weighted by Gasteiger charge is 2.12. The van der Waals surface area contributed by atoms with Crippen LogP contribution in [0.3, 0.4) is 0 Å². The first kappa shape index (κ1) is 12.8. The molecule has 3 heteroatoms. The molecule has 1 aromatic carbocycles. The van der Waals surface area contributed by atoms with Crippen molar-refractivity contribution in [1.82, 2.24) is 15.1 Å². The van der Waals surface area contributed by atoms with E-state index in [1.165, 1.54) is 22.4 Å². The van der Waals surface area contributed by atoms with Crippen LogP contribution in [0.15, 0.2) is 24.3 Å². The van der Waals surface area contributed by atoms with Crippen LogP contribution in [-0.2, 0) is 13.1 Å². The van der Waals surface area contributed by atoms with Crippen molar-refractivity contribution in [2.24, 2.45) is 0 Å². The first-order chi connectivity index (χ1) is 8.67. The van der Waals surface area contributed by atoms with E-state index in [0.717, 1.165) is 18.8 Å². The molecule has 0 atom stereocenters. The van der Waals surface area contributed by atoms with Gasteiger partial charge in [-0.05, 0) is 45.0 Å². The Bertz CT molecular complexity index is 541. The largest absolute Gasteiger partial charge is 0.316 e. The molecule has 0 saturated carbocycles. The monoisotopic (exact) mass is 243 g/mol. The maximum absolute atomic E-state index is 4.58. The summed E-state index contributed by atoms with van der Waals surface area (Å²) in [6, 6.07) is 8.67. The van der Waals surface area contributed by atoms with Crippen molar-refractivity contribution in [2.75, 3.05) is 7.05 Å². The molecule has 96 valence electrons. The Morgan fingerprint density at radius 3 is 2.67 bits per heavy atom.